The summed E-state index contributed by atoms with van der Waals surface area (Å²) >= 11 is 0. The van der Waals surface area contributed by atoms with Crippen LogP contribution < -0.4 is 5.32 Å². The van der Waals surface area contributed by atoms with Gasteiger partial charge in [0.2, 0.25) is 0 Å². The van der Waals surface area contributed by atoms with E-state index in [4.69, 9.17) is 0 Å². The molecule has 0 aliphatic heterocycles. The average Bonchev–Trinajstić information content (AvgIpc) is 2.30. The van der Waals surface area contributed by atoms with Gasteiger partial charge in [-0.15, -0.1) is 0 Å². The molecule has 100 valence electrons. The van der Waals surface area contributed by atoms with E-state index in [1.54, 1.807) is 0 Å². The first-order valence-electron chi connectivity index (χ1n) is 6.75. The van der Waals surface area contributed by atoms with E-state index in [1.807, 2.05) is 19.2 Å². The van der Waals surface area contributed by atoms with Crippen LogP contribution in [0.25, 0.3) is 0 Å². The summed E-state index contributed by atoms with van der Waals surface area (Å²) in [5.74, 6) is 0. The molecule has 1 aromatic heterocycles. The molecule has 0 saturated heterocycles. The van der Waals surface area contributed by atoms with Crippen LogP contribution in [0.3, 0.4) is 0 Å². The summed E-state index contributed by atoms with van der Waals surface area (Å²) in [7, 11) is 0. The van der Waals surface area contributed by atoms with Gasteiger partial charge in [-0.3, -0.25) is 4.98 Å². The second kappa shape index (κ2) is 5.43. The number of rotatable bonds is 3. The Morgan fingerprint density at radius 3 is 2.26 bits per heavy atom. The summed E-state index contributed by atoms with van der Waals surface area (Å²) < 4.78 is 0. The molecule has 1 heterocycles. The van der Waals surface area contributed by atoms with E-state index in [2.05, 4.69) is 56.2 Å². The predicted molar refractivity (Wildman–Crippen MR) is 81.7 cm³/mol. The molecular weight excluding hydrogens is 232 g/mol. The number of hydrogen-bond acceptors (Lipinski definition) is 2. The van der Waals surface area contributed by atoms with Crippen molar-refractivity contribution in [3.8, 4) is 0 Å². The fraction of sp³-hybridized carbons (Fsp3) is 0.353. The van der Waals surface area contributed by atoms with Gasteiger partial charge in [-0.05, 0) is 63.4 Å². The minimum atomic E-state index is 0.281. The smallest absolute Gasteiger partial charge is 0.0603 e. The van der Waals surface area contributed by atoms with Crippen molar-refractivity contribution in [2.75, 3.05) is 5.32 Å². The van der Waals surface area contributed by atoms with Crippen molar-refractivity contribution < 1.29 is 0 Å². The molecule has 0 saturated carbocycles. The Balaban J connectivity index is 2.31. The Morgan fingerprint density at radius 1 is 1.05 bits per heavy atom. The van der Waals surface area contributed by atoms with Crippen LogP contribution in [-0.4, -0.2) is 4.98 Å². The Hall–Kier alpha value is -1.83. The minimum absolute atomic E-state index is 0.281. The lowest BCUT2D eigenvalue weighted by atomic mass is 9.94. The number of nitrogens with one attached hydrogen (secondary N) is 1. The van der Waals surface area contributed by atoms with Gasteiger partial charge in [-0.1, -0.05) is 17.7 Å². The molecule has 2 heteroatoms. The molecule has 0 aliphatic carbocycles. The quantitative estimate of drug-likeness (QED) is 0.873. The van der Waals surface area contributed by atoms with Crippen LogP contribution in [0, 0.1) is 27.7 Å². The zero-order chi connectivity index (χ0) is 14.0. The number of aryl methyl sites for hydroxylation is 4. The standard InChI is InChI=1S/C17H22N2/c1-11-9-12(2)17(13(3)10-11)15(5)19-16-7-6-8-18-14(16)4/h6-10,15,19H,1-5H3. The summed E-state index contributed by atoms with van der Waals surface area (Å²) in [6, 6.07) is 8.82. The zero-order valence-electron chi connectivity index (χ0n) is 12.4. The molecule has 2 nitrogen and oxygen atoms in total. The SMILES string of the molecule is Cc1cc(C)c(C(C)Nc2cccnc2C)c(C)c1. The van der Waals surface area contributed by atoms with Crippen LogP contribution in [0.1, 0.15) is 40.9 Å². The maximum absolute atomic E-state index is 4.32. The maximum Gasteiger partial charge on any atom is 0.0603 e. The zero-order valence-corrected chi connectivity index (χ0v) is 12.4. The first-order chi connectivity index (χ1) is 8.99. The third-order valence-electron chi connectivity index (χ3n) is 3.55. The lowest BCUT2D eigenvalue weighted by Gasteiger charge is -2.21. The Labute approximate surface area is 115 Å². The number of anilines is 1. The molecule has 0 bridgehead atoms. The van der Waals surface area contributed by atoms with Crippen molar-refractivity contribution in [1.82, 2.24) is 4.98 Å². The second-order valence-electron chi connectivity index (χ2n) is 5.31. The lowest BCUT2D eigenvalue weighted by molar-refractivity contribution is 0.857. The summed E-state index contributed by atoms with van der Waals surface area (Å²) in [6.45, 7) is 10.8. The molecule has 19 heavy (non-hydrogen) atoms. The first kappa shape index (κ1) is 13.6. The largest absolute Gasteiger partial charge is 0.377 e. The van der Waals surface area contributed by atoms with Crippen molar-refractivity contribution in [2.45, 2.75) is 40.7 Å². The van der Waals surface area contributed by atoms with E-state index in [1.165, 1.54) is 22.3 Å². The highest BCUT2D eigenvalue weighted by Gasteiger charge is 2.12. The summed E-state index contributed by atoms with van der Waals surface area (Å²) in [5, 5.41) is 3.57. The molecule has 0 amide bonds. The van der Waals surface area contributed by atoms with Crippen LogP contribution in [-0.2, 0) is 0 Å². The van der Waals surface area contributed by atoms with E-state index >= 15 is 0 Å². The second-order valence-corrected chi connectivity index (χ2v) is 5.31. The van der Waals surface area contributed by atoms with Gasteiger partial charge in [0.25, 0.3) is 0 Å². The third kappa shape index (κ3) is 2.95. The molecule has 0 fully saturated rings. The molecule has 0 aliphatic rings. The van der Waals surface area contributed by atoms with Gasteiger partial charge in [-0.2, -0.15) is 0 Å². The molecule has 1 unspecified atom stereocenters. The fourth-order valence-corrected chi connectivity index (χ4v) is 2.82. The molecule has 0 spiro atoms. The van der Waals surface area contributed by atoms with Crippen molar-refractivity contribution in [3.63, 3.8) is 0 Å². The van der Waals surface area contributed by atoms with Gasteiger partial charge in [-0.25, -0.2) is 0 Å². The topological polar surface area (TPSA) is 24.9 Å². The van der Waals surface area contributed by atoms with Crippen molar-refractivity contribution in [2.24, 2.45) is 0 Å². The van der Waals surface area contributed by atoms with Crippen LogP contribution >= 0.6 is 0 Å². The summed E-state index contributed by atoms with van der Waals surface area (Å²) in [4.78, 5) is 4.32. The fourth-order valence-electron chi connectivity index (χ4n) is 2.82. The average molecular weight is 254 g/mol. The maximum atomic E-state index is 4.32. The van der Waals surface area contributed by atoms with Crippen LogP contribution in [0.5, 0.6) is 0 Å². The van der Waals surface area contributed by atoms with Gasteiger partial charge >= 0.3 is 0 Å². The van der Waals surface area contributed by atoms with Gasteiger partial charge in [0, 0.05) is 12.2 Å². The van der Waals surface area contributed by atoms with E-state index in [0.29, 0.717) is 0 Å². The predicted octanol–water partition coefficient (Wildman–Crippen LogP) is 4.49. The number of nitrogens with zero attached hydrogens (tertiary/aromatic N) is 1. The Morgan fingerprint density at radius 2 is 1.68 bits per heavy atom. The number of benzene rings is 1. The molecule has 2 rings (SSSR count). The third-order valence-corrected chi connectivity index (χ3v) is 3.55. The molecule has 1 aromatic carbocycles. The van der Waals surface area contributed by atoms with Gasteiger partial charge in [0.05, 0.1) is 11.4 Å². The van der Waals surface area contributed by atoms with Gasteiger partial charge < -0.3 is 5.32 Å². The van der Waals surface area contributed by atoms with Gasteiger partial charge in [0.1, 0.15) is 0 Å². The molecule has 2 aromatic rings. The van der Waals surface area contributed by atoms with Crippen LogP contribution in [0.4, 0.5) is 5.69 Å². The minimum Gasteiger partial charge on any atom is -0.377 e. The Bertz CT molecular complexity index is 565. The van der Waals surface area contributed by atoms with E-state index < -0.39 is 0 Å². The van der Waals surface area contributed by atoms with Crippen molar-refractivity contribution in [1.29, 1.82) is 0 Å². The highest BCUT2D eigenvalue weighted by molar-refractivity contribution is 5.50. The van der Waals surface area contributed by atoms with Crippen molar-refractivity contribution >= 4 is 5.69 Å². The Kier molecular flexibility index (Phi) is 3.89. The molecule has 1 atom stereocenters. The van der Waals surface area contributed by atoms with Crippen molar-refractivity contribution in [3.05, 3.63) is 58.4 Å². The molecule has 1 N–H and O–H groups in total. The number of hydrogen-bond donors (Lipinski definition) is 1. The molecule has 0 radical (unpaired) electrons. The normalized spacial score (nSPS) is 12.3. The first-order valence-corrected chi connectivity index (χ1v) is 6.75. The number of pyridine rings is 1. The summed E-state index contributed by atoms with van der Waals surface area (Å²) in [5.41, 5.74) is 7.54. The molecular formula is C17H22N2. The van der Waals surface area contributed by atoms with E-state index in [9.17, 15) is 0 Å². The highest BCUT2D eigenvalue weighted by atomic mass is 14.9. The van der Waals surface area contributed by atoms with Crippen LogP contribution in [0.2, 0.25) is 0 Å². The monoisotopic (exact) mass is 254 g/mol. The van der Waals surface area contributed by atoms with E-state index in [0.717, 1.165) is 11.4 Å². The number of aromatic nitrogens is 1. The van der Waals surface area contributed by atoms with Gasteiger partial charge in [0.15, 0.2) is 0 Å². The summed E-state index contributed by atoms with van der Waals surface area (Å²) in [6.07, 6.45) is 1.83. The van der Waals surface area contributed by atoms with Crippen LogP contribution in [0.15, 0.2) is 30.5 Å². The lowest BCUT2D eigenvalue weighted by Crippen LogP contribution is -2.11. The van der Waals surface area contributed by atoms with E-state index in [-0.39, 0.29) is 6.04 Å². The highest BCUT2D eigenvalue weighted by Crippen LogP contribution is 2.27.